The second kappa shape index (κ2) is 10.5. The van der Waals surface area contributed by atoms with Gasteiger partial charge < -0.3 is 10.2 Å². The third kappa shape index (κ3) is 7.40. The first-order valence-electron chi connectivity index (χ1n) is 12.9. The molecule has 4 nitrogen and oxygen atoms in total. The van der Waals surface area contributed by atoms with Gasteiger partial charge in [0.25, 0.3) is 0 Å². The van der Waals surface area contributed by atoms with Crippen LogP contribution in [0.2, 0.25) is 0 Å². The molecule has 0 fully saturated rings. The molecule has 0 spiro atoms. The van der Waals surface area contributed by atoms with Crippen molar-refractivity contribution in [3.05, 3.63) is 68.8 Å². The zero-order valence-corrected chi connectivity index (χ0v) is 25.7. The average Bonchev–Trinajstić information content (AvgIpc) is 2.69. The Labute approximate surface area is 228 Å². The molecule has 37 heavy (non-hydrogen) atoms. The summed E-state index contributed by atoms with van der Waals surface area (Å²) in [6.45, 7) is 24.7. The topological polar surface area (TPSA) is 74.6 Å². The third-order valence-electron chi connectivity index (χ3n) is 6.59. The van der Waals surface area contributed by atoms with Gasteiger partial charge in [-0.3, -0.25) is 0 Å². The van der Waals surface area contributed by atoms with Crippen molar-refractivity contribution in [2.75, 3.05) is 0 Å². The SMILES string of the molecule is CC(C)(C)c1cc(CSCc2cc(C(C)(C)C)c(C(=O)O)c(C(C)(C)C)c2)cc(C(C)(C)C)c1C(=O)O. The van der Waals surface area contributed by atoms with Crippen LogP contribution in [0.1, 0.15) is 137 Å². The van der Waals surface area contributed by atoms with E-state index >= 15 is 0 Å². The second-order valence-electron chi connectivity index (χ2n) is 14.2. The minimum atomic E-state index is -0.878. The first-order valence-corrected chi connectivity index (χ1v) is 14.1. The van der Waals surface area contributed by atoms with Crippen LogP contribution in [0.3, 0.4) is 0 Å². The van der Waals surface area contributed by atoms with E-state index in [-0.39, 0.29) is 21.7 Å². The van der Waals surface area contributed by atoms with Crippen LogP contribution in [-0.4, -0.2) is 22.2 Å². The van der Waals surface area contributed by atoms with Gasteiger partial charge in [-0.2, -0.15) is 11.8 Å². The number of benzene rings is 2. The highest BCUT2D eigenvalue weighted by Gasteiger charge is 2.31. The normalized spacial score (nSPS) is 13.1. The molecule has 0 bridgehead atoms. The van der Waals surface area contributed by atoms with Crippen LogP contribution in [0, 0.1) is 0 Å². The lowest BCUT2D eigenvalue weighted by molar-refractivity contribution is 0.0680. The highest BCUT2D eigenvalue weighted by molar-refractivity contribution is 7.97. The number of thioether (sulfide) groups is 1. The minimum absolute atomic E-state index is 0.301. The third-order valence-corrected chi connectivity index (χ3v) is 7.67. The first kappa shape index (κ1) is 31.0. The summed E-state index contributed by atoms with van der Waals surface area (Å²) in [5.74, 6) is -0.278. The number of carboxylic acid groups (broad SMARTS) is 2. The smallest absolute Gasteiger partial charge is 0.336 e. The van der Waals surface area contributed by atoms with Gasteiger partial charge in [0.1, 0.15) is 0 Å². The fraction of sp³-hybridized carbons (Fsp3) is 0.562. The van der Waals surface area contributed by atoms with Crippen LogP contribution in [-0.2, 0) is 33.2 Å². The average molecular weight is 527 g/mol. The van der Waals surface area contributed by atoms with Crippen molar-refractivity contribution < 1.29 is 19.8 Å². The number of aromatic carboxylic acids is 2. The molecule has 0 amide bonds. The Kier molecular flexibility index (Phi) is 8.76. The molecule has 0 unspecified atom stereocenters. The Morgan fingerprint density at radius 1 is 0.541 bits per heavy atom. The predicted molar refractivity (Wildman–Crippen MR) is 157 cm³/mol. The number of hydrogen-bond donors (Lipinski definition) is 2. The van der Waals surface area contributed by atoms with Crippen molar-refractivity contribution >= 4 is 23.7 Å². The van der Waals surface area contributed by atoms with Crippen molar-refractivity contribution in [1.29, 1.82) is 0 Å². The molecule has 0 saturated carbocycles. The molecular formula is C32H46O4S. The molecule has 0 aliphatic rings. The Balaban J connectivity index is 2.53. The molecule has 0 saturated heterocycles. The maximum absolute atomic E-state index is 12.3. The molecule has 2 aromatic rings. The van der Waals surface area contributed by atoms with E-state index in [9.17, 15) is 19.8 Å². The molecule has 204 valence electrons. The van der Waals surface area contributed by atoms with Gasteiger partial charge in [-0.25, -0.2) is 9.59 Å². The minimum Gasteiger partial charge on any atom is -0.478 e. The summed E-state index contributed by atoms with van der Waals surface area (Å²) < 4.78 is 0. The van der Waals surface area contributed by atoms with E-state index in [0.29, 0.717) is 11.1 Å². The summed E-state index contributed by atoms with van der Waals surface area (Å²) in [6, 6.07) is 8.22. The van der Waals surface area contributed by atoms with Crippen molar-refractivity contribution in [3.63, 3.8) is 0 Å². The molecule has 0 atom stereocenters. The Bertz CT molecular complexity index is 1020. The molecule has 0 aliphatic carbocycles. The lowest BCUT2D eigenvalue weighted by atomic mass is 9.75. The number of carbonyl (C=O) groups is 2. The van der Waals surface area contributed by atoms with Crippen molar-refractivity contribution in [1.82, 2.24) is 0 Å². The zero-order valence-electron chi connectivity index (χ0n) is 24.8. The van der Waals surface area contributed by atoms with Crippen LogP contribution in [0.15, 0.2) is 24.3 Å². The Hall–Kier alpha value is -2.27. The van der Waals surface area contributed by atoms with Crippen LogP contribution in [0.5, 0.6) is 0 Å². The quantitative estimate of drug-likeness (QED) is 0.394. The lowest BCUT2D eigenvalue weighted by Crippen LogP contribution is -2.24. The van der Waals surface area contributed by atoms with Gasteiger partial charge in [0.2, 0.25) is 0 Å². The largest absolute Gasteiger partial charge is 0.478 e. The summed E-state index contributed by atoms with van der Waals surface area (Å²) in [6.07, 6.45) is 0. The second-order valence-corrected chi connectivity index (χ2v) is 15.2. The van der Waals surface area contributed by atoms with E-state index in [1.807, 2.05) is 0 Å². The summed E-state index contributed by atoms with van der Waals surface area (Å²) in [7, 11) is 0. The predicted octanol–water partition coefficient (Wildman–Crippen LogP) is 8.71. The monoisotopic (exact) mass is 526 g/mol. The van der Waals surface area contributed by atoms with Crippen molar-refractivity contribution in [2.24, 2.45) is 0 Å². The zero-order chi connectivity index (χ0) is 28.7. The van der Waals surface area contributed by atoms with Crippen LogP contribution in [0.4, 0.5) is 0 Å². The number of rotatable bonds is 6. The maximum Gasteiger partial charge on any atom is 0.336 e. The summed E-state index contributed by atoms with van der Waals surface area (Å²) in [5, 5.41) is 20.2. The van der Waals surface area contributed by atoms with Gasteiger partial charge in [-0.1, -0.05) is 107 Å². The van der Waals surface area contributed by atoms with E-state index in [4.69, 9.17) is 0 Å². The van der Waals surface area contributed by atoms with Crippen molar-refractivity contribution in [3.8, 4) is 0 Å². The highest BCUT2D eigenvalue weighted by Crippen LogP contribution is 2.38. The molecule has 0 aromatic heterocycles. The fourth-order valence-corrected chi connectivity index (χ4v) is 5.59. The van der Waals surface area contributed by atoms with Crippen LogP contribution in [0.25, 0.3) is 0 Å². The standard InChI is InChI=1S/C32H46O4S/c1-29(2,3)21-13-19(14-22(30(4,5)6)25(21)27(33)34)17-37-18-20-15-23(31(7,8)9)26(28(35)36)24(16-20)32(10,11)12/h13-16H,17-18H2,1-12H3,(H,33,34)(H,35,36). The molecule has 0 heterocycles. The number of carboxylic acids is 2. The molecule has 2 aromatic carbocycles. The van der Waals surface area contributed by atoms with E-state index in [1.54, 1.807) is 11.8 Å². The summed E-state index contributed by atoms with van der Waals surface area (Å²) in [5.41, 5.74) is 5.29. The van der Waals surface area contributed by atoms with Crippen LogP contribution >= 0.6 is 11.8 Å². The molecule has 5 heteroatoms. The molecule has 0 radical (unpaired) electrons. The molecule has 2 rings (SSSR count). The van der Waals surface area contributed by atoms with E-state index < -0.39 is 11.9 Å². The van der Waals surface area contributed by atoms with E-state index in [1.165, 1.54) is 0 Å². The van der Waals surface area contributed by atoms with Crippen molar-refractivity contribution in [2.45, 2.75) is 116 Å². The van der Waals surface area contributed by atoms with Crippen LogP contribution < -0.4 is 0 Å². The maximum atomic E-state index is 12.3. The fourth-order valence-electron chi connectivity index (χ4n) is 4.68. The summed E-state index contributed by atoms with van der Waals surface area (Å²) in [4.78, 5) is 24.6. The summed E-state index contributed by atoms with van der Waals surface area (Å²) >= 11 is 1.77. The first-order chi connectivity index (χ1) is 16.5. The lowest BCUT2D eigenvalue weighted by Gasteiger charge is -2.30. The molecule has 2 N–H and O–H groups in total. The van der Waals surface area contributed by atoms with Gasteiger partial charge in [-0.15, -0.1) is 0 Å². The van der Waals surface area contributed by atoms with E-state index in [0.717, 1.165) is 44.9 Å². The molecule has 0 aliphatic heterocycles. The highest BCUT2D eigenvalue weighted by atomic mass is 32.2. The van der Waals surface area contributed by atoms with Gasteiger partial charge in [0, 0.05) is 11.5 Å². The van der Waals surface area contributed by atoms with Gasteiger partial charge >= 0.3 is 11.9 Å². The molecular weight excluding hydrogens is 480 g/mol. The number of hydrogen-bond acceptors (Lipinski definition) is 3. The van der Waals surface area contributed by atoms with Gasteiger partial charge in [0.05, 0.1) is 11.1 Å². The van der Waals surface area contributed by atoms with Gasteiger partial charge in [-0.05, 0) is 55.0 Å². The Morgan fingerprint density at radius 2 is 0.757 bits per heavy atom. The van der Waals surface area contributed by atoms with Gasteiger partial charge in [0.15, 0.2) is 0 Å². The Morgan fingerprint density at radius 3 is 0.919 bits per heavy atom. The van der Waals surface area contributed by atoms with E-state index in [2.05, 4.69) is 107 Å².